The molecule has 0 saturated carbocycles. The van der Waals surface area contributed by atoms with Gasteiger partial charge in [0.15, 0.2) is 0 Å². The van der Waals surface area contributed by atoms with Crippen LogP contribution in [-0.4, -0.2) is 78.9 Å². The Kier molecular flexibility index (Phi) is 10.5. The van der Waals surface area contributed by atoms with Crippen LogP contribution in [0.2, 0.25) is 0 Å². The Morgan fingerprint density at radius 2 is 1.90 bits per heavy atom. The zero-order valence-corrected chi connectivity index (χ0v) is 25.0. The van der Waals surface area contributed by atoms with Gasteiger partial charge < -0.3 is 30.7 Å². The normalized spacial score (nSPS) is 20.2. The van der Waals surface area contributed by atoms with Crippen LogP contribution in [0.25, 0.3) is 11.1 Å². The van der Waals surface area contributed by atoms with Crippen molar-refractivity contribution in [3.05, 3.63) is 78.1 Å². The largest absolute Gasteiger partial charge is 0.490 e. The van der Waals surface area contributed by atoms with Gasteiger partial charge in [0.2, 0.25) is 0 Å². The van der Waals surface area contributed by atoms with Crippen molar-refractivity contribution in [2.24, 2.45) is 11.7 Å². The van der Waals surface area contributed by atoms with Crippen molar-refractivity contribution in [2.75, 3.05) is 39.2 Å². The highest BCUT2D eigenvalue weighted by molar-refractivity contribution is 5.99. The maximum absolute atomic E-state index is 13.6. The third-order valence-corrected chi connectivity index (χ3v) is 7.36. The molecule has 1 aromatic heterocycles. The first-order chi connectivity index (χ1) is 20.1. The Morgan fingerprint density at radius 1 is 1.14 bits per heavy atom. The maximum Gasteiger partial charge on any atom is 0.319 e. The van der Waals surface area contributed by atoms with Crippen LogP contribution in [0.4, 0.5) is 10.5 Å². The van der Waals surface area contributed by atoms with Gasteiger partial charge in [0.25, 0.3) is 5.91 Å². The average Bonchev–Trinajstić information content (AvgIpc) is 2.98. The molecule has 1 aliphatic rings. The van der Waals surface area contributed by atoms with Crippen LogP contribution in [0.1, 0.15) is 36.7 Å². The number of hydrogen-bond donors (Lipinski definition) is 3. The van der Waals surface area contributed by atoms with Crippen LogP contribution in [0.15, 0.2) is 67.0 Å². The highest BCUT2D eigenvalue weighted by Gasteiger charge is 2.29. The van der Waals surface area contributed by atoms with E-state index >= 15 is 0 Å². The summed E-state index contributed by atoms with van der Waals surface area (Å²) >= 11 is 0. The molecule has 4 N–H and O–H groups in total. The van der Waals surface area contributed by atoms with E-state index in [0.29, 0.717) is 36.6 Å². The van der Waals surface area contributed by atoms with E-state index in [2.05, 4.69) is 51.7 Å². The molecule has 1 aliphatic heterocycles. The standard InChI is InChI=1S/C32H42N6O4/c1-21(2)35-32(40)36-26-12-13-28-27(15-26)31(39)37(4)19-29(41-5)22(3)17-38(30(33)20-42-28)18-23-8-10-24(11-9-23)25-7-6-14-34-16-25/h6-16,21-22,29-30H,17-20,33H2,1-5H3,(H2,35,36,40)/t22-,29-,30+/m0/s1. The number of nitrogens with one attached hydrogen (secondary N) is 2. The quantitative estimate of drug-likeness (QED) is 0.404. The molecule has 10 heteroatoms. The molecule has 3 amide bonds. The van der Waals surface area contributed by atoms with Gasteiger partial charge in [0.05, 0.1) is 17.8 Å². The van der Waals surface area contributed by atoms with Crippen molar-refractivity contribution in [3.63, 3.8) is 0 Å². The third kappa shape index (κ3) is 8.06. The van der Waals surface area contributed by atoms with Crippen molar-refractivity contribution >= 4 is 17.6 Å². The van der Waals surface area contributed by atoms with Gasteiger partial charge in [-0.1, -0.05) is 37.3 Å². The van der Waals surface area contributed by atoms with Crippen LogP contribution >= 0.6 is 0 Å². The molecule has 0 radical (unpaired) electrons. The van der Waals surface area contributed by atoms with E-state index in [1.54, 1.807) is 43.5 Å². The number of ether oxygens (including phenoxy) is 2. The number of benzene rings is 2. The van der Waals surface area contributed by atoms with Crippen molar-refractivity contribution in [2.45, 2.75) is 45.6 Å². The van der Waals surface area contributed by atoms with Crippen molar-refractivity contribution in [1.29, 1.82) is 0 Å². The Hall–Kier alpha value is -3.99. The lowest BCUT2D eigenvalue weighted by atomic mass is 10.0. The number of aromatic nitrogens is 1. The number of urea groups is 1. The van der Waals surface area contributed by atoms with E-state index in [1.807, 2.05) is 32.2 Å². The Balaban J connectivity index is 1.58. The van der Waals surface area contributed by atoms with Crippen molar-refractivity contribution in [1.82, 2.24) is 20.1 Å². The second-order valence-corrected chi connectivity index (χ2v) is 11.1. The minimum atomic E-state index is -0.447. The molecular weight excluding hydrogens is 532 g/mol. The van der Waals surface area contributed by atoms with E-state index in [-0.39, 0.29) is 36.6 Å². The molecule has 224 valence electrons. The van der Waals surface area contributed by atoms with Crippen LogP contribution in [0.3, 0.4) is 0 Å². The van der Waals surface area contributed by atoms with Gasteiger partial charge in [-0.2, -0.15) is 0 Å². The third-order valence-electron chi connectivity index (χ3n) is 7.36. The summed E-state index contributed by atoms with van der Waals surface area (Å²) in [6.07, 6.45) is 2.95. The first-order valence-electron chi connectivity index (χ1n) is 14.3. The number of pyridine rings is 1. The number of carbonyl (C=O) groups excluding carboxylic acids is 2. The van der Waals surface area contributed by atoms with Gasteiger partial charge in [-0.3, -0.25) is 14.7 Å². The van der Waals surface area contributed by atoms with E-state index in [9.17, 15) is 9.59 Å². The number of nitrogens with two attached hydrogens (primary N) is 1. The van der Waals surface area contributed by atoms with Crippen molar-refractivity contribution in [3.8, 4) is 16.9 Å². The number of likely N-dealkylation sites (N-methyl/N-ethyl adjacent to an activating group) is 1. The lowest BCUT2D eigenvalue weighted by Gasteiger charge is -2.36. The monoisotopic (exact) mass is 574 g/mol. The van der Waals surface area contributed by atoms with E-state index in [4.69, 9.17) is 15.2 Å². The van der Waals surface area contributed by atoms with Gasteiger partial charge in [0, 0.05) is 57.9 Å². The maximum atomic E-state index is 13.6. The van der Waals surface area contributed by atoms with Crippen LogP contribution < -0.4 is 21.1 Å². The van der Waals surface area contributed by atoms with E-state index < -0.39 is 6.17 Å². The lowest BCUT2D eigenvalue weighted by molar-refractivity contribution is 0.00808. The molecule has 2 heterocycles. The summed E-state index contributed by atoms with van der Waals surface area (Å²) in [6.45, 7) is 7.67. The zero-order valence-electron chi connectivity index (χ0n) is 25.0. The molecule has 0 bridgehead atoms. The van der Waals surface area contributed by atoms with E-state index in [1.165, 1.54) is 0 Å². The minimum absolute atomic E-state index is 0.0260. The summed E-state index contributed by atoms with van der Waals surface area (Å²) in [5.74, 6) is 0.241. The van der Waals surface area contributed by atoms with Gasteiger partial charge in [0.1, 0.15) is 12.4 Å². The molecule has 4 rings (SSSR count). The van der Waals surface area contributed by atoms with Crippen LogP contribution in [-0.2, 0) is 11.3 Å². The van der Waals surface area contributed by atoms with Crippen LogP contribution in [0.5, 0.6) is 5.75 Å². The molecule has 3 atom stereocenters. The topological polar surface area (TPSA) is 122 Å². The van der Waals surface area contributed by atoms with E-state index in [0.717, 1.165) is 16.7 Å². The smallest absolute Gasteiger partial charge is 0.319 e. The lowest BCUT2D eigenvalue weighted by Crippen LogP contribution is -2.50. The SMILES string of the molecule is CO[C@H]1CN(C)C(=O)c2cc(NC(=O)NC(C)C)ccc2OC[C@H](N)N(Cc2ccc(-c3cccnc3)cc2)C[C@@H]1C. The Bertz CT molecular complexity index is 1330. The number of anilines is 1. The number of methoxy groups -OCH3 is 1. The second-order valence-electron chi connectivity index (χ2n) is 11.1. The highest BCUT2D eigenvalue weighted by Crippen LogP contribution is 2.27. The number of fused-ring (bicyclic) bond motifs is 1. The fraction of sp³-hybridized carbons (Fsp3) is 0.406. The molecule has 0 saturated heterocycles. The predicted octanol–water partition coefficient (Wildman–Crippen LogP) is 4.18. The molecule has 10 nitrogen and oxygen atoms in total. The number of amides is 3. The molecule has 2 aromatic carbocycles. The number of carbonyl (C=O) groups is 2. The summed E-state index contributed by atoms with van der Waals surface area (Å²) < 4.78 is 12.0. The molecule has 0 spiro atoms. The molecular formula is C32H42N6O4. The van der Waals surface area contributed by atoms with Gasteiger partial charge >= 0.3 is 6.03 Å². The first-order valence-corrected chi connectivity index (χ1v) is 14.3. The Labute approximate surface area is 248 Å². The molecule has 0 fully saturated rings. The fourth-order valence-corrected chi connectivity index (χ4v) is 5.03. The fourth-order valence-electron chi connectivity index (χ4n) is 5.03. The number of hydrogen-bond acceptors (Lipinski definition) is 7. The molecule has 3 aromatic rings. The zero-order chi connectivity index (χ0) is 30.2. The summed E-state index contributed by atoms with van der Waals surface area (Å²) in [7, 11) is 3.41. The van der Waals surface area contributed by atoms with Crippen LogP contribution in [0, 0.1) is 5.92 Å². The first kappa shape index (κ1) is 31.0. The highest BCUT2D eigenvalue weighted by atomic mass is 16.5. The summed E-state index contributed by atoms with van der Waals surface area (Å²) in [5.41, 5.74) is 10.8. The number of nitrogens with zero attached hydrogens (tertiary/aromatic N) is 3. The molecule has 42 heavy (non-hydrogen) atoms. The summed E-state index contributed by atoms with van der Waals surface area (Å²) in [6, 6.07) is 17.0. The van der Waals surface area contributed by atoms with Gasteiger partial charge in [-0.05, 0) is 60.7 Å². The molecule has 0 aliphatic carbocycles. The van der Waals surface area contributed by atoms with Gasteiger partial charge in [-0.25, -0.2) is 4.79 Å². The Morgan fingerprint density at radius 3 is 2.57 bits per heavy atom. The minimum Gasteiger partial charge on any atom is -0.490 e. The summed E-state index contributed by atoms with van der Waals surface area (Å²) in [5, 5.41) is 5.58. The second kappa shape index (κ2) is 14.3. The number of rotatable bonds is 6. The molecule has 0 unspecified atom stereocenters. The predicted molar refractivity (Wildman–Crippen MR) is 164 cm³/mol. The summed E-state index contributed by atoms with van der Waals surface area (Å²) in [4.78, 5) is 33.9. The van der Waals surface area contributed by atoms with Crippen molar-refractivity contribution < 1.29 is 19.1 Å². The average molecular weight is 575 g/mol. The van der Waals surface area contributed by atoms with Gasteiger partial charge in [-0.15, -0.1) is 0 Å².